The largest absolute Gasteiger partial charge is 0.370 e. The first-order valence-corrected chi connectivity index (χ1v) is 11.4. The normalized spacial score (nSPS) is 19.4. The van der Waals surface area contributed by atoms with Crippen molar-refractivity contribution >= 4 is 11.8 Å². The van der Waals surface area contributed by atoms with Crippen LogP contribution in [-0.4, -0.2) is 45.9 Å². The fourth-order valence-electron chi connectivity index (χ4n) is 3.93. The van der Waals surface area contributed by atoms with Crippen molar-refractivity contribution in [1.82, 2.24) is 14.9 Å². The number of hydrogen-bond donors (Lipinski definition) is 0. The van der Waals surface area contributed by atoms with Crippen LogP contribution in [0.15, 0.2) is 29.3 Å². The van der Waals surface area contributed by atoms with Gasteiger partial charge in [0.1, 0.15) is 5.03 Å². The van der Waals surface area contributed by atoms with Gasteiger partial charge in [-0.2, -0.15) is 0 Å². The van der Waals surface area contributed by atoms with E-state index in [0.717, 1.165) is 40.8 Å². The van der Waals surface area contributed by atoms with E-state index in [1.54, 1.807) is 0 Å². The number of rotatable bonds is 5. The lowest BCUT2D eigenvalue weighted by atomic mass is 9.96. The highest BCUT2D eigenvalue weighted by Gasteiger charge is 2.30. The Bertz CT molecular complexity index is 813. The molecular weight excluding hydrogens is 366 g/mol. The van der Waals surface area contributed by atoms with E-state index >= 15 is 0 Å². The average molecular weight is 398 g/mol. The van der Waals surface area contributed by atoms with Crippen molar-refractivity contribution in [2.75, 3.05) is 25.4 Å². The van der Waals surface area contributed by atoms with Crippen LogP contribution in [0.4, 0.5) is 0 Å². The zero-order valence-corrected chi connectivity index (χ0v) is 18.1. The van der Waals surface area contributed by atoms with Gasteiger partial charge in [-0.25, -0.2) is 9.97 Å². The molecule has 4 rings (SSSR count). The maximum Gasteiger partial charge on any atom is 0.160 e. The summed E-state index contributed by atoms with van der Waals surface area (Å²) >= 11 is 1.87. The molecule has 1 fully saturated rings. The summed E-state index contributed by atoms with van der Waals surface area (Å²) in [5.41, 5.74) is 4.53. The van der Waals surface area contributed by atoms with Crippen molar-refractivity contribution in [2.24, 2.45) is 0 Å². The van der Waals surface area contributed by atoms with Crippen LogP contribution in [0.5, 0.6) is 0 Å². The number of nitrogens with zero attached hydrogens (tertiary/aromatic N) is 3. The van der Waals surface area contributed by atoms with E-state index in [2.05, 4.69) is 49.9 Å². The van der Waals surface area contributed by atoms with E-state index in [1.807, 2.05) is 11.8 Å². The van der Waals surface area contributed by atoms with Crippen molar-refractivity contribution in [2.45, 2.75) is 63.7 Å². The van der Waals surface area contributed by atoms with E-state index < -0.39 is 0 Å². The Hall–Kier alpha value is -1.43. The Morgan fingerprint density at radius 2 is 1.82 bits per heavy atom. The topological polar surface area (TPSA) is 38.2 Å². The van der Waals surface area contributed by atoms with Gasteiger partial charge >= 0.3 is 0 Å². The van der Waals surface area contributed by atoms with E-state index in [4.69, 9.17) is 14.7 Å². The molecule has 0 amide bonds. The molecule has 0 saturated carbocycles. The molecule has 2 aliphatic heterocycles. The number of aromatic nitrogens is 2. The van der Waals surface area contributed by atoms with Gasteiger partial charge in [0.2, 0.25) is 0 Å². The van der Waals surface area contributed by atoms with Gasteiger partial charge in [-0.15, -0.1) is 11.8 Å². The van der Waals surface area contributed by atoms with Gasteiger partial charge in [-0.05, 0) is 46.7 Å². The lowest BCUT2D eigenvalue weighted by molar-refractivity contribution is -0.0428. The van der Waals surface area contributed by atoms with Crippen molar-refractivity contribution in [3.05, 3.63) is 41.1 Å². The predicted molar refractivity (Wildman–Crippen MR) is 116 cm³/mol. The third-order valence-corrected chi connectivity index (χ3v) is 6.66. The highest BCUT2D eigenvalue weighted by atomic mass is 32.2. The lowest BCUT2D eigenvalue weighted by Gasteiger charge is -2.32. The number of thioether (sulfide) groups is 1. The highest BCUT2D eigenvalue weighted by Crippen LogP contribution is 2.34. The van der Waals surface area contributed by atoms with Crippen LogP contribution in [0, 0.1) is 6.92 Å². The van der Waals surface area contributed by atoms with Crippen molar-refractivity contribution in [1.29, 1.82) is 0 Å². The maximum absolute atomic E-state index is 6.09. The molecule has 4 nitrogen and oxygen atoms in total. The number of piperidine rings is 1. The van der Waals surface area contributed by atoms with Gasteiger partial charge in [0.05, 0.1) is 17.9 Å². The van der Waals surface area contributed by atoms with Gasteiger partial charge in [0.25, 0.3) is 0 Å². The third-order valence-electron chi connectivity index (χ3n) is 5.66. The Labute approximate surface area is 173 Å². The minimum Gasteiger partial charge on any atom is -0.370 e. The second kappa shape index (κ2) is 8.52. The summed E-state index contributed by atoms with van der Waals surface area (Å²) < 4.78 is 6.09. The minimum atomic E-state index is -0.165. The highest BCUT2D eigenvalue weighted by molar-refractivity contribution is 7.99. The van der Waals surface area contributed by atoms with Crippen molar-refractivity contribution < 1.29 is 4.74 Å². The van der Waals surface area contributed by atoms with E-state index in [-0.39, 0.29) is 5.60 Å². The fourth-order valence-corrected chi connectivity index (χ4v) is 4.97. The number of likely N-dealkylation sites (tertiary alicyclic amines) is 1. The summed E-state index contributed by atoms with van der Waals surface area (Å²) in [6.45, 7) is 10.6. The van der Waals surface area contributed by atoms with E-state index in [0.29, 0.717) is 6.61 Å². The fraction of sp³-hybridized carbons (Fsp3) is 0.565. The average Bonchev–Trinajstić information content (AvgIpc) is 2.68. The first-order chi connectivity index (χ1) is 13.5. The van der Waals surface area contributed by atoms with Gasteiger partial charge in [0.15, 0.2) is 5.82 Å². The van der Waals surface area contributed by atoms with Gasteiger partial charge in [-0.3, -0.25) is 0 Å². The van der Waals surface area contributed by atoms with Crippen LogP contribution in [0.3, 0.4) is 0 Å². The molecule has 1 saturated heterocycles. The molecule has 0 unspecified atom stereocenters. The van der Waals surface area contributed by atoms with Crippen molar-refractivity contribution in [3.63, 3.8) is 0 Å². The Balaban J connectivity index is 1.58. The van der Waals surface area contributed by atoms with Crippen LogP contribution >= 0.6 is 11.8 Å². The molecule has 0 aliphatic carbocycles. The number of benzene rings is 1. The first-order valence-electron chi connectivity index (χ1n) is 10.5. The second-order valence-corrected chi connectivity index (χ2v) is 9.70. The summed E-state index contributed by atoms with van der Waals surface area (Å²) in [4.78, 5) is 12.5. The molecule has 0 atom stereocenters. The van der Waals surface area contributed by atoms with E-state index in [1.165, 1.54) is 43.5 Å². The molecule has 1 aromatic carbocycles. The second-order valence-electron chi connectivity index (χ2n) is 8.62. The van der Waals surface area contributed by atoms with Crippen molar-refractivity contribution in [3.8, 4) is 11.4 Å². The van der Waals surface area contributed by atoms with Crippen LogP contribution in [0.1, 0.15) is 49.9 Å². The van der Waals surface area contributed by atoms with Crippen LogP contribution < -0.4 is 0 Å². The quantitative estimate of drug-likeness (QED) is 0.531. The minimum absolute atomic E-state index is 0.165. The van der Waals surface area contributed by atoms with Crippen LogP contribution in [0.2, 0.25) is 0 Å². The third kappa shape index (κ3) is 4.76. The standard InChI is InChI=1S/C23H31N3OS/c1-17-7-9-18(10-8-17)21-24-20-15-23(2,3)27-16-19(20)22(25-21)28-14-13-26-11-5-4-6-12-26/h7-10H,4-6,11-16H2,1-3H3. The molecule has 0 N–H and O–H groups in total. The summed E-state index contributed by atoms with van der Waals surface area (Å²) in [5.74, 6) is 1.91. The molecule has 1 aromatic heterocycles. The molecule has 0 spiro atoms. The maximum atomic E-state index is 6.09. The van der Waals surface area contributed by atoms with Gasteiger partial charge < -0.3 is 9.64 Å². The van der Waals surface area contributed by atoms with Gasteiger partial charge in [0, 0.05) is 29.8 Å². The Morgan fingerprint density at radius 3 is 2.57 bits per heavy atom. The molecule has 5 heteroatoms. The van der Waals surface area contributed by atoms with E-state index in [9.17, 15) is 0 Å². The first kappa shape index (κ1) is 19.9. The predicted octanol–water partition coefficient (Wildman–Crippen LogP) is 4.88. The zero-order valence-electron chi connectivity index (χ0n) is 17.3. The molecular formula is C23H31N3OS. The summed E-state index contributed by atoms with van der Waals surface area (Å²) in [6.07, 6.45) is 4.90. The Morgan fingerprint density at radius 1 is 1.07 bits per heavy atom. The molecule has 3 heterocycles. The summed E-state index contributed by atoms with van der Waals surface area (Å²) in [7, 11) is 0. The lowest BCUT2D eigenvalue weighted by Crippen LogP contribution is -2.33. The number of hydrogen-bond acceptors (Lipinski definition) is 5. The molecule has 0 radical (unpaired) electrons. The molecule has 2 aliphatic rings. The Kier molecular flexibility index (Phi) is 6.04. The van der Waals surface area contributed by atoms with Crippen LogP contribution in [0.25, 0.3) is 11.4 Å². The van der Waals surface area contributed by atoms with Crippen LogP contribution in [-0.2, 0) is 17.8 Å². The monoisotopic (exact) mass is 397 g/mol. The smallest absolute Gasteiger partial charge is 0.160 e. The number of fused-ring (bicyclic) bond motifs is 1. The summed E-state index contributed by atoms with van der Waals surface area (Å²) in [5, 5.41) is 1.10. The van der Waals surface area contributed by atoms with Gasteiger partial charge in [-0.1, -0.05) is 36.2 Å². The number of aryl methyl sites for hydroxylation is 1. The summed E-state index contributed by atoms with van der Waals surface area (Å²) in [6, 6.07) is 8.52. The SMILES string of the molecule is Cc1ccc(-c2nc3c(c(SCCN4CCCCC4)n2)COC(C)(C)C3)cc1. The number of ether oxygens (including phenoxy) is 1. The zero-order chi connectivity index (χ0) is 19.6. The molecule has 150 valence electrons. The molecule has 0 bridgehead atoms. The molecule has 2 aromatic rings. The molecule has 28 heavy (non-hydrogen) atoms.